The van der Waals surface area contributed by atoms with Crippen LogP contribution in [-0.4, -0.2) is 63.4 Å². The van der Waals surface area contributed by atoms with E-state index >= 15 is 0 Å². The predicted octanol–water partition coefficient (Wildman–Crippen LogP) is 3.08. The lowest BCUT2D eigenvalue weighted by atomic mass is 10.1. The Morgan fingerprint density at radius 2 is 1.68 bits per heavy atom. The molecule has 0 aliphatic heterocycles. The highest BCUT2D eigenvalue weighted by Crippen LogP contribution is 2.35. The molecular weight excluding hydrogens is 606 g/mol. The summed E-state index contributed by atoms with van der Waals surface area (Å²) in [6.07, 6.45) is -8.88. The molecule has 4 rings (SSSR count). The number of rotatable bonds is 8. The van der Waals surface area contributed by atoms with Crippen LogP contribution in [0.5, 0.6) is 0 Å². The van der Waals surface area contributed by atoms with Crippen molar-refractivity contribution in [2.45, 2.75) is 29.5 Å². The van der Waals surface area contributed by atoms with Crippen molar-refractivity contribution < 1.29 is 49.8 Å². The molecule has 41 heavy (non-hydrogen) atoms. The number of anilines is 1. The minimum absolute atomic E-state index is 0.0608. The number of fused-ring (bicyclic) bond motifs is 1. The fourth-order valence-electron chi connectivity index (χ4n) is 3.56. The summed E-state index contributed by atoms with van der Waals surface area (Å²) in [5.74, 6) is -1.06. The van der Waals surface area contributed by atoms with Gasteiger partial charge in [0.15, 0.2) is 20.7 Å². The van der Waals surface area contributed by atoms with Crippen LogP contribution in [-0.2, 0) is 22.4 Å². The summed E-state index contributed by atoms with van der Waals surface area (Å²) in [6, 6.07) is 2.59. The van der Waals surface area contributed by atoms with E-state index in [0.29, 0.717) is 34.1 Å². The van der Waals surface area contributed by atoms with Gasteiger partial charge in [-0.1, -0.05) is 23.5 Å². The number of aromatic nitrogens is 4. The summed E-state index contributed by atoms with van der Waals surface area (Å²) in [4.78, 5) is 21.0. The summed E-state index contributed by atoms with van der Waals surface area (Å²) < 4.78 is 108. The van der Waals surface area contributed by atoms with Gasteiger partial charge < -0.3 is 10.2 Å². The lowest BCUT2D eigenvalue weighted by Gasteiger charge is -2.12. The number of aliphatic hydroxyl groups is 2. The van der Waals surface area contributed by atoms with E-state index in [2.05, 4.69) is 25.1 Å². The Balaban J connectivity index is 1.72. The third-order valence-electron chi connectivity index (χ3n) is 5.50. The monoisotopic (exact) mass is 624 g/mol. The van der Waals surface area contributed by atoms with Crippen LogP contribution in [0.2, 0.25) is 0 Å². The molecule has 4 N–H and O–H groups in total. The maximum atomic E-state index is 13.9. The van der Waals surface area contributed by atoms with Gasteiger partial charge in [-0.25, -0.2) is 27.6 Å². The van der Waals surface area contributed by atoms with Crippen LogP contribution >= 0.6 is 11.3 Å². The minimum Gasteiger partial charge on any atom is -0.395 e. The van der Waals surface area contributed by atoms with Gasteiger partial charge in [0.1, 0.15) is 5.56 Å². The van der Waals surface area contributed by atoms with Crippen molar-refractivity contribution >= 4 is 38.0 Å². The number of alkyl halides is 6. The van der Waals surface area contributed by atoms with E-state index in [1.54, 1.807) is 0 Å². The van der Waals surface area contributed by atoms with E-state index in [0.717, 1.165) is 18.3 Å². The second-order valence-corrected chi connectivity index (χ2v) is 11.3. The molecule has 220 valence electrons. The largest absolute Gasteiger partial charge is 0.433 e. The van der Waals surface area contributed by atoms with Gasteiger partial charge in [0.2, 0.25) is 0 Å². The number of carbonyl (C=O) groups excluding carboxylic acids is 1. The van der Waals surface area contributed by atoms with Crippen molar-refractivity contribution in [1.29, 1.82) is 0 Å². The Kier molecular flexibility index (Phi) is 8.11. The Morgan fingerprint density at radius 1 is 1.05 bits per heavy atom. The standard InChI is InChI=1S/C22H18F6N6O5S2/c1-10-19(41(38,39)33-13(8-35)9-36)40-20(30-10)32-18(37)14-7-29-34-16(22(26,27)28)6-15(31-17(14)34)11-2-4-12(5-3-11)21(23,24)25/h2-7,13,33,35-36H,8-9H2,1H3,(H,30,32,37). The first kappa shape index (κ1) is 30.3. The molecule has 0 aliphatic carbocycles. The Morgan fingerprint density at radius 3 is 2.24 bits per heavy atom. The number of thiazole rings is 1. The average Bonchev–Trinajstić information content (AvgIpc) is 3.49. The molecule has 1 aromatic carbocycles. The fraction of sp³-hybridized carbons (Fsp3) is 0.273. The molecule has 0 saturated carbocycles. The van der Waals surface area contributed by atoms with Crippen LogP contribution in [0.15, 0.2) is 40.7 Å². The zero-order valence-electron chi connectivity index (χ0n) is 20.4. The van der Waals surface area contributed by atoms with E-state index in [1.807, 2.05) is 0 Å². The average molecular weight is 625 g/mol. The van der Waals surface area contributed by atoms with Crippen LogP contribution in [0.25, 0.3) is 16.9 Å². The second-order valence-electron chi connectivity index (χ2n) is 8.42. The number of benzene rings is 1. The number of hydrogen-bond donors (Lipinski definition) is 4. The molecule has 0 radical (unpaired) electrons. The van der Waals surface area contributed by atoms with Gasteiger partial charge in [-0.15, -0.1) is 0 Å². The molecule has 3 aromatic heterocycles. The van der Waals surface area contributed by atoms with E-state index in [-0.39, 0.29) is 26.3 Å². The van der Waals surface area contributed by atoms with Gasteiger partial charge in [-0.3, -0.25) is 10.1 Å². The number of aliphatic hydroxyl groups excluding tert-OH is 2. The number of sulfonamides is 1. The summed E-state index contributed by atoms with van der Waals surface area (Å²) in [6.45, 7) is -0.100. The molecular formula is C22H18F6N6O5S2. The highest BCUT2D eigenvalue weighted by atomic mass is 32.2. The summed E-state index contributed by atoms with van der Waals surface area (Å²) >= 11 is 0.495. The van der Waals surface area contributed by atoms with E-state index in [1.165, 1.54) is 6.92 Å². The molecule has 11 nitrogen and oxygen atoms in total. The van der Waals surface area contributed by atoms with Gasteiger partial charge in [-0.05, 0) is 25.1 Å². The summed E-state index contributed by atoms with van der Waals surface area (Å²) in [5.41, 5.74) is -3.98. The van der Waals surface area contributed by atoms with Crippen LogP contribution in [0.1, 0.15) is 27.3 Å². The van der Waals surface area contributed by atoms with E-state index in [4.69, 9.17) is 10.2 Å². The molecule has 0 aliphatic rings. The molecule has 1 amide bonds. The maximum Gasteiger partial charge on any atom is 0.433 e. The molecule has 0 atom stereocenters. The van der Waals surface area contributed by atoms with Crippen LogP contribution < -0.4 is 10.0 Å². The lowest BCUT2D eigenvalue weighted by Crippen LogP contribution is -2.39. The molecule has 19 heteroatoms. The van der Waals surface area contributed by atoms with Crippen molar-refractivity contribution in [2.24, 2.45) is 0 Å². The lowest BCUT2D eigenvalue weighted by molar-refractivity contribution is -0.142. The van der Waals surface area contributed by atoms with Crippen molar-refractivity contribution in [3.63, 3.8) is 0 Å². The Hall–Kier alpha value is -3.65. The zero-order chi connectivity index (χ0) is 30.3. The zero-order valence-corrected chi connectivity index (χ0v) is 22.1. The van der Waals surface area contributed by atoms with Crippen molar-refractivity contribution in [3.05, 3.63) is 59.0 Å². The molecule has 0 saturated heterocycles. The van der Waals surface area contributed by atoms with Gasteiger partial charge in [-0.2, -0.15) is 31.4 Å². The third kappa shape index (κ3) is 6.32. The number of halogens is 6. The normalized spacial score (nSPS) is 12.8. The number of amides is 1. The minimum atomic E-state index is -4.99. The van der Waals surface area contributed by atoms with Crippen molar-refractivity contribution in [1.82, 2.24) is 24.3 Å². The molecule has 0 unspecified atom stereocenters. The quantitative estimate of drug-likeness (QED) is 0.218. The first-order valence-electron chi connectivity index (χ1n) is 11.2. The highest BCUT2D eigenvalue weighted by molar-refractivity contribution is 7.91. The third-order valence-corrected chi connectivity index (χ3v) is 8.70. The van der Waals surface area contributed by atoms with Crippen LogP contribution in [0, 0.1) is 6.92 Å². The number of carbonyl (C=O) groups is 1. The molecule has 4 aromatic rings. The molecule has 0 bridgehead atoms. The highest BCUT2D eigenvalue weighted by Gasteiger charge is 2.36. The van der Waals surface area contributed by atoms with Gasteiger partial charge in [0, 0.05) is 5.56 Å². The molecule has 0 spiro atoms. The first-order chi connectivity index (χ1) is 19.0. The Labute approximate surface area is 230 Å². The molecule has 3 heterocycles. The van der Waals surface area contributed by atoms with Gasteiger partial charge in [0.05, 0.1) is 42.4 Å². The van der Waals surface area contributed by atoms with Crippen LogP contribution in [0.4, 0.5) is 31.5 Å². The van der Waals surface area contributed by atoms with Crippen molar-refractivity contribution in [2.75, 3.05) is 18.5 Å². The number of hydrogen-bond acceptors (Lipinski definition) is 9. The number of nitrogens with zero attached hydrogens (tertiary/aromatic N) is 4. The SMILES string of the molecule is Cc1nc(NC(=O)c2cnn3c(C(F)(F)F)cc(-c4ccc(C(F)(F)F)cc4)nc23)sc1S(=O)(=O)NC(CO)CO. The summed E-state index contributed by atoms with van der Waals surface area (Å²) in [7, 11) is -4.28. The first-order valence-corrected chi connectivity index (χ1v) is 13.5. The number of nitrogens with one attached hydrogen (secondary N) is 2. The van der Waals surface area contributed by atoms with Crippen molar-refractivity contribution in [3.8, 4) is 11.3 Å². The summed E-state index contributed by atoms with van der Waals surface area (Å²) in [5, 5.41) is 23.9. The number of aryl methyl sites for hydroxylation is 1. The molecule has 0 fully saturated rings. The fourth-order valence-corrected chi connectivity index (χ4v) is 6.20. The van der Waals surface area contributed by atoms with Gasteiger partial charge >= 0.3 is 12.4 Å². The second kappa shape index (κ2) is 11.0. The smallest absolute Gasteiger partial charge is 0.395 e. The van der Waals surface area contributed by atoms with E-state index in [9.17, 15) is 39.6 Å². The van der Waals surface area contributed by atoms with E-state index < -0.39 is 70.0 Å². The van der Waals surface area contributed by atoms with Crippen LogP contribution in [0.3, 0.4) is 0 Å². The van der Waals surface area contributed by atoms with Gasteiger partial charge in [0.25, 0.3) is 15.9 Å². The predicted molar refractivity (Wildman–Crippen MR) is 132 cm³/mol. The maximum absolute atomic E-state index is 13.9. The Bertz CT molecular complexity index is 1700. The topological polar surface area (TPSA) is 159 Å².